The van der Waals surface area contributed by atoms with Crippen LogP contribution in [0.25, 0.3) is 0 Å². The fourth-order valence-electron chi connectivity index (χ4n) is 2.33. The number of hydrogen-bond acceptors (Lipinski definition) is 4. The van der Waals surface area contributed by atoms with Gasteiger partial charge in [0.25, 0.3) is 5.91 Å². The van der Waals surface area contributed by atoms with E-state index in [1.165, 1.54) is 12.1 Å². The summed E-state index contributed by atoms with van der Waals surface area (Å²) in [4.78, 5) is 18.2. The lowest BCUT2D eigenvalue weighted by Crippen LogP contribution is -2.34. The molecule has 1 aromatic carbocycles. The molecule has 2 aromatic heterocycles. The van der Waals surface area contributed by atoms with E-state index in [0.717, 1.165) is 5.56 Å². The number of halogens is 1. The van der Waals surface area contributed by atoms with E-state index in [9.17, 15) is 9.18 Å². The van der Waals surface area contributed by atoms with Crippen LogP contribution >= 0.6 is 0 Å². The lowest BCUT2D eigenvalue weighted by atomic mass is 10.2. The smallest absolute Gasteiger partial charge is 0.261 e. The number of pyridine rings is 1. The summed E-state index contributed by atoms with van der Waals surface area (Å²) in [6.07, 6.45) is 4.92. The van der Waals surface area contributed by atoms with Crippen molar-refractivity contribution in [3.8, 4) is 5.75 Å². The Morgan fingerprint density at radius 1 is 1.12 bits per heavy atom. The Hall–Kier alpha value is -3.15. The van der Waals surface area contributed by atoms with Gasteiger partial charge in [0.05, 0.1) is 12.8 Å². The van der Waals surface area contributed by atoms with E-state index in [4.69, 9.17) is 9.15 Å². The molecule has 0 aliphatic rings. The Labute approximate surface area is 144 Å². The molecule has 0 unspecified atom stereocenters. The first-order valence-corrected chi connectivity index (χ1v) is 7.79. The van der Waals surface area contributed by atoms with Crippen LogP contribution < -0.4 is 4.74 Å². The maximum Gasteiger partial charge on any atom is 0.261 e. The van der Waals surface area contributed by atoms with Gasteiger partial charge in [0.1, 0.15) is 5.76 Å². The van der Waals surface area contributed by atoms with Crippen molar-refractivity contribution in [2.24, 2.45) is 0 Å². The van der Waals surface area contributed by atoms with Gasteiger partial charge >= 0.3 is 0 Å². The van der Waals surface area contributed by atoms with Gasteiger partial charge in [0.2, 0.25) is 0 Å². The average Bonchev–Trinajstić information content (AvgIpc) is 3.14. The van der Waals surface area contributed by atoms with Crippen LogP contribution in [0.15, 0.2) is 71.6 Å². The number of aromatic nitrogens is 1. The molecule has 0 saturated heterocycles. The first kappa shape index (κ1) is 16.7. The molecule has 0 aliphatic carbocycles. The zero-order valence-electron chi connectivity index (χ0n) is 13.5. The first-order chi connectivity index (χ1) is 12.2. The third kappa shape index (κ3) is 4.67. The molecule has 0 radical (unpaired) electrons. The molecule has 0 saturated carbocycles. The van der Waals surface area contributed by atoms with Gasteiger partial charge in [0.15, 0.2) is 18.2 Å². The van der Waals surface area contributed by atoms with Crippen LogP contribution in [0.3, 0.4) is 0 Å². The predicted molar refractivity (Wildman–Crippen MR) is 89.1 cm³/mol. The second kappa shape index (κ2) is 8.10. The number of nitrogens with zero attached hydrogens (tertiary/aromatic N) is 2. The molecule has 25 heavy (non-hydrogen) atoms. The van der Waals surface area contributed by atoms with Gasteiger partial charge in [-0.25, -0.2) is 4.39 Å². The number of para-hydroxylation sites is 1. The highest BCUT2D eigenvalue weighted by Gasteiger charge is 2.17. The molecule has 3 aromatic rings. The highest BCUT2D eigenvalue weighted by molar-refractivity contribution is 5.77. The first-order valence-electron chi connectivity index (χ1n) is 7.79. The molecule has 0 N–H and O–H groups in total. The molecule has 1 amide bonds. The molecule has 5 nitrogen and oxygen atoms in total. The van der Waals surface area contributed by atoms with Gasteiger partial charge in [0, 0.05) is 18.9 Å². The molecule has 128 valence electrons. The number of ether oxygens (including phenoxy) is 1. The zero-order chi connectivity index (χ0) is 17.5. The van der Waals surface area contributed by atoms with Crippen molar-refractivity contribution < 1.29 is 18.3 Å². The van der Waals surface area contributed by atoms with Crippen LogP contribution in [0.1, 0.15) is 11.3 Å². The van der Waals surface area contributed by atoms with Crippen molar-refractivity contribution in [2.45, 2.75) is 13.1 Å². The fraction of sp³-hybridized carbons (Fsp3) is 0.158. The minimum atomic E-state index is -0.500. The number of amides is 1. The second-order valence-electron chi connectivity index (χ2n) is 5.41. The van der Waals surface area contributed by atoms with Crippen LogP contribution in [-0.2, 0) is 17.9 Å². The summed E-state index contributed by atoms with van der Waals surface area (Å²) in [6, 6.07) is 13.2. The normalized spacial score (nSPS) is 10.4. The number of rotatable bonds is 7. The summed E-state index contributed by atoms with van der Waals surface area (Å²) < 4.78 is 24.3. The van der Waals surface area contributed by atoms with Crippen LogP contribution in [0.4, 0.5) is 4.39 Å². The number of hydrogen-bond donors (Lipinski definition) is 0. The quantitative estimate of drug-likeness (QED) is 0.661. The SMILES string of the molecule is O=C(COc1ccccc1F)N(Cc1cccnc1)Cc1ccco1. The van der Waals surface area contributed by atoms with Gasteiger partial charge < -0.3 is 14.1 Å². The van der Waals surface area contributed by atoms with Crippen LogP contribution in [0, 0.1) is 5.82 Å². The maximum atomic E-state index is 13.6. The number of carbonyl (C=O) groups is 1. The molecule has 6 heteroatoms. The minimum Gasteiger partial charge on any atom is -0.481 e. The van der Waals surface area contributed by atoms with Crippen molar-refractivity contribution in [1.29, 1.82) is 0 Å². The number of carbonyl (C=O) groups excluding carboxylic acids is 1. The third-order valence-corrected chi connectivity index (χ3v) is 3.56. The summed E-state index contributed by atoms with van der Waals surface area (Å²) in [7, 11) is 0. The lowest BCUT2D eigenvalue weighted by molar-refractivity contribution is -0.135. The van der Waals surface area contributed by atoms with Crippen molar-refractivity contribution in [3.63, 3.8) is 0 Å². The molecular weight excluding hydrogens is 323 g/mol. The van der Waals surface area contributed by atoms with E-state index in [2.05, 4.69) is 4.98 Å². The maximum absolute atomic E-state index is 13.6. The number of benzene rings is 1. The Kier molecular flexibility index (Phi) is 5.41. The van der Waals surface area contributed by atoms with Gasteiger partial charge in [-0.05, 0) is 35.9 Å². The molecule has 3 rings (SSSR count). The second-order valence-corrected chi connectivity index (χ2v) is 5.41. The van der Waals surface area contributed by atoms with Crippen molar-refractivity contribution in [2.75, 3.05) is 6.61 Å². The van der Waals surface area contributed by atoms with Gasteiger partial charge in [-0.15, -0.1) is 0 Å². The van der Waals surface area contributed by atoms with Crippen molar-refractivity contribution in [3.05, 3.63) is 84.3 Å². The molecule has 0 spiro atoms. The predicted octanol–water partition coefficient (Wildman–Crippen LogP) is 3.42. The molecule has 0 aliphatic heterocycles. The Morgan fingerprint density at radius 2 is 2.00 bits per heavy atom. The topological polar surface area (TPSA) is 55.6 Å². The van der Waals surface area contributed by atoms with Gasteiger partial charge in [-0.1, -0.05) is 18.2 Å². The van der Waals surface area contributed by atoms with Gasteiger partial charge in [-0.2, -0.15) is 0 Å². The fourth-order valence-corrected chi connectivity index (χ4v) is 2.33. The molecule has 0 atom stereocenters. The minimum absolute atomic E-state index is 0.0511. The van der Waals surface area contributed by atoms with E-state index in [1.807, 2.05) is 6.07 Å². The summed E-state index contributed by atoms with van der Waals surface area (Å²) in [5, 5.41) is 0. The van der Waals surface area contributed by atoms with E-state index < -0.39 is 5.82 Å². The molecule has 0 fully saturated rings. The largest absolute Gasteiger partial charge is 0.481 e. The Bertz CT molecular complexity index is 807. The summed E-state index contributed by atoms with van der Waals surface area (Å²) in [6.45, 7) is 0.386. The highest BCUT2D eigenvalue weighted by Crippen LogP contribution is 2.16. The van der Waals surface area contributed by atoms with Crippen molar-refractivity contribution >= 4 is 5.91 Å². The van der Waals surface area contributed by atoms with Crippen LogP contribution in [-0.4, -0.2) is 22.4 Å². The lowest BCUT2D eigenvalue weighted by Gasteiger charge is -2.22. The number of furan rings is 1. The molecular formula is C19H17FN2O3. The van der Waals surface area contributed by atoms with Crippen LogP contribution in [0.2, 0.25) is 0 Å². The van der Waals surface area contributed by atoms with E-state index in [1.54, 1.807) is 53.9 Å². The average molecular weight is 340 g/mol. The Balaban J connectivity index is 1.69. The van der Waals surface area contributed by atoms with E-state index in [0.29, 0.717) is 18.8 Å². The molecule has 2 heterocycles. The van der Waals surface area contributed by atoms with Gasteiger partial charge in [-0.3, -0.25) is 9.78 Å². The summed E-state index contributed by atoms with van der Waals surface area (Å²) in [5.41, 5.74) is 0.883. The zero-order valence-corrected chi connectivity index (χ0v) is 13.5. The van der Waals surface area contributed by atoms with E-state index >= 15 is 0 Å². The standard InChI is InChI=1S/C19H17FN2O3/c20-17-7-1-2-8-18(17)25-14-19(23)22(13-16-6-4-10-24-16)12-15-5-3-9-21-11-15/h1-11H,12-14H2. The third-order valence-electron chi connectivity index (χ3n) is 3.56. The molecule has 0 bridgehead atoms. The highest BCUT2D eigenvalue weighted by atomic mass is 19.1. The summed E-state index contributed by atoms with van der Waals surface area (Å²) in [5.74, 6) is -0.0676. The summed E-state index contributed by atoms with van der Waals surface area (Å²) >= 11 is 0. The van der Waals surface area contributed by atoms with E-state index in [-0.39, 0.29) is 18.3 Å². The van der Waals surface area contributed by atoms with Crippen molar-refractivity contribution in [1.82, 2.24) is 9.88 Å². The monoisotopic (exact) mass is 340 g/mol. The van der Waals surface area contributed by atoms with Crippen LogP contribution in [0.5, 0.6) is 5.75 Å². The Morgan fingerprint density at radius 3 is 2.72 bits per heavy atom.